The molecule has 1 saturated carbocycles. The van der Waals surface area contributed by atoms with Crippen molar-refractivity contribution in [3.8, 4) is 11.8 Å². The molecule has 2 unspecified atom stereocenters. The third-order valence-corrected chi connectivity index (χ3v) is 9.18. The number of fused-ring (bicyclic) bond motifs is 1. The van der Waals surface area contributed by atoms with Gasteiger partial charge in [-0.05, 0) is 63.6 Å². The van der Waals surface area contributed by atoms with Crippen molar-refractivity contribution in [1.82, 2.24) is 34.9 Å². The van der Waals surface area contributed by atoms with E-state index >= 15 is 0 Å². The second kappa shape index (κ2) is 10.5. The molecule has 2 aliphatic heterocycles. The molecule has 2 amide bonds. The first-order valence-electron chi connectivity index (χ1n) is 14.9. The number of likely N-dealkylation sites (tertiary alicyclic amines) is 1. The molecule has 2 saturated heterocycles. The van der Waals surface area contributed by atoms with E-state index in [2.05, 4.69) is 46.1 Å². The molecule has 228 valence electrons. The van der Waals surface area contributed by atoms with Crippen LogP contribution in [-0.4, -0.2) is 78.5 Å². The Hall–Kier alpha value is -4.22. The number of pyridine rings is 1. The number of hydrogen-bond donors (Lipinski definition) is 2. The number of carbonyl (C=O) groups excluding carboxylic acids is 1. The van der Waals surface area contributed by atoms with Gasteiger partial charge in [0.25, 0.3) is 5.91 Å². The van der Waals surface area contributed by atoms with Crippen LogP contribution in [0.4, 0.5) is 10.6 Å². The van der Waals surface area contributed by atoms with E-state index < -0.39 is 11.6 Å². The van der Waals surface area contributed by atoms with E-state index in [0.717, 1.165) is 30.8 Å². The van der Waals surface area contributed by atoms with Gasteiger partial charge in [0.05, 0.1) is 16.8 Å². The van der Waals surface area contributed by atoms with Crippen LogP contribution in [0.3, 0.4) is 0 Å². The van der Waals surface area contributed by atoms with Crippen LogP contribution >= 0.6 is 0 Å². The van der Waals surface area contributed by atoms with E-state index in [4.69, 9.17) is 9.72 Å². The third-order valence-electron chi connectivity index (χ3n) is 9.18. The number of rotatable bonds is 7. The Balaban J connectivity index is 1.17. The molecule has 0 radical (unpaired) electrons. The maximum absolute atomic E-state index is 13.4. The van der Waals surface area contributed by atoms with Gasteiger partial charge in [-0.25, -0.2) is 19.4 Å². The maximum Gasteiger partial charge on any atom is 0.405 e. The molecule has 0 bridgehead atoms. The lowest BCUT2D eigenvalue weighted by atomic mass is 9.79. The van der Waals surface area contributed by atoms with Gasteiger partial charge in [0.15, 0.2) is 0 Å². The van der Waals surface area contributed by atoms with E-state index in [1.165, 1.54) is 4.68 Å². The van der Waals surface area contributed by atoms with E-state index in [1.807, 2.05) is 37.8 Å². The number of nitrogens with zero attached hydrogens (tertiary/aromatic N) is 7. The number of ether oxygens (including phenoxy) is 1. The van der Waals surface area contributed by atoms with Crippen molar-refractivity contribution in [1.29, 1.82) is 0 Å². The van der Waals surface area contributed by atoms with Crippen LogP contribution in [0, 0.1) is 24.2 Å². The van der Waals surface area contributed by atoms with E-state index in [0.29, 0.717) is 36.2 Å². The van der Waals surface area contributed by atoms with Gasteiger partial charge in [-0.1, -0.05) is 13.8 Å². The summed E-state index contributed by atoms with van der Waals surface area (Å²) in [5.41, 5.74) is 1.39. The van der Waals surface area contributed by atoms with Gasteiger partial charge in [-0.2, -0.15) is 10.1 Å². The van der Waals surface area contributed by atoms with E-state index in [-0.39, 0.29) is 35.3 Å². The summed E-state index contributed by atoms with van der Waals surface area (Å²) in [5, 5.41) is 16.6. The van der Waals surface area contributed by atoms with Crippen LogP contribution in [0.2, 0.25) is 0 Å². The van der Waals surface area contributed by atoms with Crippen LogP contribution < -0.4 is 15.0 Å². The molecule has 4 atom stereocenters. The molecule has 3 aliphatic rings. The van der Waals surface area contributed by atoms with Crippen molar-refractivity contribution in [2.75, 3.05) is 24.5 Å². The minimum Gasteiger partial charge on any atom is -0.474 e. The third kappa shape index (κ3) is 5.74. The van der Waals surface area contributed by atoms with E-state index in [1.54, 1.807) is 24.7 Å². The molecule has 3 aromatic rings. The number of hydrogen-bond acceptors (Lipinski definition) is 8. The van der Waals surface area contributed by atoms with Crippen molar-refractivity contribution in [3.05, 3.63) is 53.6 Å². The number of aryl methyl sites for hydroxylation is 1. The van der Waals surface area contributed by atoms with Crippen LogP contribution in [-0.2, 0) is 5.54 Å². The Morgan fingerprint density at radius 2 is 1.84 bits per heavy atom. The molecule has 6 rings (SSSR count). The number of amides is 2. The smallest absolute Gasteiger partial charge is 0.405 e. The first-order chi connectivity index (χ1) is 20.3. The number of anilines is 1. The topological polar surface area (TPSA) is 139 Å². The Morgan fingerprint density at radius 3 is 2.49 bits per heavy atom. The summed E-state index contributed by atoms with van der Waals surface area (Å²) in [7, 11) is 0. The molecule has 12 nitrogen and oxygen atoms in total. The largest absolute Gasteiger partial charge is 0.474 e. The Kier molecular flexibility index (Phi) is 7.05. The monoisotopic (exact) mass is 588 g/mol. The van der Waals surface area contributed by atoms with Gasteiger partial charge >= 0.3 is 6.09 Å². The van der Waals surface area contributed by atoms with Crippen LogP contribution in [0.5, 0.6) is 5.88 Å². The fraction of sp³-hybridized carbons (Fsp3) is 0.548. The van der Waals surface area contributed by atoms with Crippen molar-refractivity contribution >= 4 is 17.8 Å². The fourth-order valence-corrected chi connectivity index (χ4v) is 6.70. The lowest BCUT2D eigenvalue weighted by Crippen LogP contribution is -2.45. The average molecular weight is 589 g/mol. The number of carbonyl (C=O) groups is 2. The van der Waals surface area contributed by atoms with Crippen molar-refractivity contribution in [2.45, 2.75) is 72.1 Å². The second-order valence-corrected chi connectivity index (χ2v) is 13.5. The summed E-state index contributed by atoms with van der Waals surface area (Å²) in [6, 6.07) is 5.85. The molecule has 3 aromatic heterocycles. The van der Waals surface area contributed by atoms with Crippen LogP contribution in [0.15, 0.2) is 36.8 Å². The summed E-state index contributed by atoms with van der Waals surface area (Å²) < 4.78 is 8.01. The molecule has 3 fully saturated rings. The van der Waals surface area contributed by atoms with Crippen molar-refractivity contribution < 1.29 is 19.4 Å². The lowest BCUT2D eigenvalue weighted by Gasteiger charge is -2.43. The summed E-state index contributed by atoms with van der Waals surface area (Å²) in [5.74, 6) is 2.07. The Labute approximate surface area is 251 Å². The van der Waals surface area contributed by atoms with Gasteiger partial charge < -0.3 is 25.0 Å². The first kappa shape index (κ1) is 28.9. The molecule has 12 heteroatoms. The summed E-state index contributed by atoms with van der Waals surface area (Å²) in [6.45, 7) is 14.4. The fourth-order valence-electron chi connectivity index (χ4n) is 6.70. The average Bonchev–Trinajstić information content (AvgIpc) is 3.25. The SMILES string of the molecule is Cc1nn(-c2ncccn2)cc1C(=O)N1C[C@@H]2C(Oc3cc(C(C)(C)NC(=O)O)cc(N4CCC(C)(C)CC4C)n3)[C@@H]2C1. The quantitative estimate of drug-likeness (QED) is 0.419. The summed E-state index contributed by atoms with van der Waals surface area (Å²) >= 11 is 0. The van der Waals surface area contributed by atoms with Gasteiger partial charge in [-0.15, -0.1) is 0 Å². The zero-order valence-electron chi connectivity index (χ0n) is 25.6. The predicted molar refractivity (Wildman–Crippen MR) is 159 cm³/mol. The van der Waals surface area contributed by atoms with Crippen molar-refractivity contribution in [3.63, 3.8) is 0 Å². The van der Waals surface area contributed by atoms with Crippen LogP contribution in [0.1, 0.15) is 69.1 Å². The lowest BCUT2D eigenvalue weighted by molar-refractivity contribution is 0.0750. The summed E-state index contributed by atoms with van der Waals surface area (Å²) in [4.78, 5) is 42.5. The number of nitrogens with one attached hydrogen (secondary N) is 1. The highest BCUT2D eigenvalue weighted by Gasteiger charge is 2.59. The molecular formula is C31H40N8O4. The normalized spacial score (nSPS) is 24.4. The number of piperidine rings is 2. The zero-order chi connectivity index (χ0) is 30.7. The van der Waals surface area contributed by atoms with E-state index in [9.17, 15) is 14.7 Å². The molecule has 1 aliphatic carbocycles. The first-order valence-corrected chi connectivity index (χ1v) is 14.9. The molecule has 2 N–H and O–H groups in total. The molecule has 0 spiro atoms. The number of aromatic nitrogens is 5. The number of carboxylic acid groups (broad SMARTS) is 1. The molecule has 0 aromatic carbocycles. The van der Waals surface area contributed by atoms with Gasteiger partial charge in [0.1, 0.15) is 11.9 Å². The summed E-state index contributed by atoms with van der Waals surface area (Å²) in [6.07, 6.45) is 5.92. The Bertz CT molecular complexity index is 1530. The van der Waals surface area contributed by atoms with Gasteiger partial charge in [-0.3, -0.25) is 4.79 Å². The van der Waals surface area contributed by atoms with Gasteiger partial charge in [0, 0.05) is 62.2 Å². The second-order valence-electron chi connectivity index (χ2n) is 13.5. The highest BCUT2D eigenvalue weighted by atomic mass is 16.5. The minimum atomic E-state index is -1.09. The molecule has 43 heavy (non-hydrogen) atoms. The predicted octanol–water partition coefficient (Wildman–Crippen LogP) is 4.03. The molecular weight excluding hydrogens is 548 g/mol. The molecule has 5 heterocycles. The van der Waals surface area contributed by atoms with Crippen LogP contribution in [0.25, 0.3) is 5.95 Å². The standard InChI is InChI=1S/C31H40N8O4/c1-18-14-30(3,4)8-11-38(18)24-12-20(31(5,6)35-29(41)42)13-25(34-24)43-26-22-15-37(16-23(22)26)27(40)21-17-39(36-19(21)2)28-32-9-7-10-33-28/h7,9-10,12-13,17-18,22-23,26,35H,8,11,14-16H2,1-6H3,(H,41,42)/t18?,22-,23+,26?. The van der Waals surface area contributed by atoms with Crippen molar-refractivity contribution in [2.24, 2.45) is 17.3 Å². The zero-order valence-corrected chi connectivity index (χ0v) is 25.6. The minimum absolute atomic E-state index is 0.0468. The highest BCUT2D eigenvalue weighted by molar-refractivity contribution is 5.95. The Morgan fingerprint density at radius 1 is 1.14 bits per heavy atom. The van der Waals surface area contributed by atoms with Gasteiger partial charge in [0.2, 0.25) is 11.8 Å². The highest BCUT2D eigenvalue weighted by Crippen LogP contribution is 2.48. The maximum atomic E-state index is 13.4.